The van der Waals surface area contributed by atoms with Gasteiger partial charge < -0.3 is 4.74 Å². The topological polar surface area (TPSA) is 35.0 Å². The van der Waals surface area contributed by atoms with Crippen LogP contribution in [0.15, 0.2) is 48.8 Å². The first-order valence-electron chi connectivity index (χ1n) is 13.0. The molecule has 1 aromatic heterocycles. The first kappa shape index (κ1) is 26.1. The van der Waals surface area contributed by atoms with E-state index in [2.05, 4.69) is 36.0 Å². The van der Waals surface area contributed by atoms with Gasteiger partial charge in [-0.3, -0.25) is 0 Å². The van der Waals surface area contributed by atoms with Gasteiger partial charge in [0, 0.05) is 18.0 Å². The molecule has 1 heterocycles. The molecule has 0 fully saturated rings. The number of aryl methyl sites for hydroxylation is 1. The molecule has 0 N–H and O–H groups in total. The molecule has 3 heteroatoms. The maximum Gasteiger partial charge on any atom is 0.159 e. The Hall–Kier alpha value is -2.16. The Balaban J connectivity index is 1.62. The van der Waals surface area contributed by atoms with Gasteiger partial charge >= 0.3 is 0 Å². The van der Waals surface area contributed by atoms with Crippen molar-refractivity contribution in [1.82, 2.24) is 9.97 Å². The number of aromatic nitrogens is 2. The Morgan fingerprint density at radius 1 is 0.688 bits per heavy atom. The van der Waals surface area contributed by atoms with Crippen molar-refractivity contribution in [2.24, 2.45) is 0 Å². The molecule has 0 aliphatic heterocycles. The Morgan fingerprint density at radius 2 is 1.28 bits per heavy atom. The van der Waals surface area contributed by atoms with E-state index < -0.39 is 0 Å². The molecule has 0 atom stereocenters. The number of rotatable bonds is 18. The molecule has 0 aliphatic carbocycles. The summed E-state index contributed by atoms with van der Waals surface area (Å²) in [4.78, 5) is 9.13. The van der Waals surface area contributed by atoms with Crippen molar-refractivity contribution in [3.05, 3.63) is 54.4 Å². The Morgan fingerprint density at radius 3 is 1.97 bits per heavy atom. The average Bonchev–Trinajstić information content (AvgIpc) is 2.83. The van der Waals surface area contributed by atoms with Crippen LogP contribution in [0.5, 0.6) is 5.75 Å². The highest BCUT2D eigenvalue weighted by atomic mass is 16.5. The number of nitrogens with zero attached hydrogens (tertiary/aromatic N) is 2. The standard InChI is InChI=1S/C29H44N2O/c1-3-5-7-9-10-11-12-13-15-17-23-32-28-21-19-27(20-22-28)29-30-24-26(25-31-29)18-16-14-8-6-4-2/h13,15,19-22,24-25H,3-12,14,16-18,23H2,1-2H3. The molecule has 0 spiro atoms. The second kappa shape index (κ2) is 17.4. The molecular weight excluding hydrogens is 392 g/mol. The Bertz CT molecular complexity index is 722. The van der Waals surface area contributed by atoms with E-state index in [1.54, 1.807) is 0 Å². The highest BCUT2D eigenvalue weighted by molar-refractivity contribution is 5.55. The van der Waals surface area contributed by atoms with Crippen LogP contribution in [-0.2, 0) is 6.42 Å². The lowest BCUT2D eigenvalue weighted by Crippen LogP contribution is -1.96. The minimum absolute atomic E-state index is 0.718. The molecule has 0 aliphatic rings. The Labute approximate surface area is 196 Å². The van der Waals surface area contributed by atoms with Crippen LogP contribution >= 0.6 is 0 Å². The van der Waals surface area contributed by atoms with E-state index in [1.807, 2.05) is 36.7 Å². The molecule has 2 aromatic rings. The number of ether oxygens (including phenoxy) is 1. The summed E-state index contributed by atoms with van der Waals surface area (Å²) < 4.78 is 5.87. The van der Waals surface area contributed by atoms with Gasteiger partial charge in [0.2, 0.25) is 0 Å². The summed E-state index contributed by atoms with van der Waals surface area (Å²) in [6, 6.07) is 8.12. The molecule has 0 bridgehead atoms. The smallest absolute Gasteiger partial charge is 0.159 e. The van der Waals surface area contributed by atoms with Crippen molar-refractivity contribution < 1.29 is 4.74 Å². The van der Waals surface area contributed by atoms with Gasteiger partial charge in [0.1, 0.15) is 5.75 Å². The van der Waals surface area contributed by atoms with Crippen LogP contribution in [-0.4, -0.2) is 16.6 Å². The fourth-order valence-corrected chi connectivity index (χ4v) is 3.79. The van der Waals surface area contributed by atoms with Crippen LogP contribution in [0, 0.1) is 0 Å². The molecule has 0 radical (unpaired) electrons. The predicted octanol–water partition coefficient (Wildman–Crippen LogP) is 8.73. The zero-order chi connectivity index (χ0) is 22.7. The molecule has 176 valence electrons. The lowest BCUT2D eigenvalue weighted by atomic mass is 10.1. The lowest BCUT2D eigenvalue weighted by molar-refractivity contribution is 0.325. The normalized spacial score (nSPS) is 11.3. The SMILES string of the molecule is CCCCCCCCC=CCCOc1ccc(-c2ncc(CCCCCCC)cn2)cc1. The third-order valence-corrected chi connectivity index (χ3v) is 5.83. The van der Waals surface area contributed by atoms with Gasteiger partial charge in [-0.1, -0.05) is 83.8 Å². The maximum atomic E-state index is 5.87. The van der Waals surface area contributed by atoms with Crippen molar-refractivity contribution in [1.29, 1.82) is 0 Å². The van der Waals surface area contributed by atoms with Crippen LogP contribution < -0.4 is 4.74 Å². The fourth-order valence-electron chi connectivity index (χ4n) is 3.79. The second-order valence-electron chi connectivity index (χ2n) is 8.77. The molecule has 32 heavy (non-hydrogen) atoms. The molecule has 1 aromatic carbocycles. The van der Waals surface area contributed by atoms with Gasteiger partial charge in [-0.25, -0.2) is 9.97 Å². The fraction of sp³-hybridized carbons (Fsp3) is 0.586. The second-order valence-corrected chi connectivity index (χ2v) is 8.77. The van der Waals surface area contributed by atoms with Gasteiger partial charge in [0.05, 0.1) is 6.61 Å². The molecule has 0 unspecified atom stereocenters. The quantitative estimate of drug-likeness (QED) is 0.173. The summed E-state index contributed by atoms with van der Waals surface area (Å²) in [6.45, 7) is 5.24. The van der Waals surface area contributed by atoms with Crippen molar-refractivity contribution in [2.75, 3.05) is 6.61 Å². The highest BCUT2D eigenvalue weighted by Crippen LogP contribution is 2.20. The summed E-state index contributed by atoms with van der Waals surface area (Å²) in [7, 11) is 0. The van der Waals surface area contributed by atoms with E-state index in [0.29, 0.717) is 0 Å². The summed E-state index contributed by atoms with van der Waals surface area (Å²) in [6.07, 6.45) is 26.4. The first-order chi connectivity index (χ1) is 15.8. The number of allylic oxidation sites excluding steroid dienone is 1. The third-order valence-electron chi connectivity index (χ3n) is 5.83. The van der Waals surface area contributed by atoms with Crippen molar-refractivity contribution in [2.45, 2.75) is 104 Å². The van der Waals surface area contributed by atoms with Gasteiger partial charge in [-0.2, -0.15) is 0 Å². The number of unbranched alkanes of at least 4 members (excludes halogenated alkanes) is 10. The lowest BCUT2D eigenvalue weighted by Gasteiger charge is -2.06. The van der Waals surface area contributed by atoms with Gasteiger partial charge in [-0.05, 0) is 61.9 Å². The summed E-state index contributed by atoms with van der Waals surface area (Å²) in [5, 5.41) is 0. The molecule has 0 saturated heterocycles. The van der Waals surface area contributed by atoms with Gasteiger partial charge in [0.15, 0.2) is 5.82 Å². The maximum absolute atomic E-state index is 5.87. The van der Waals surface area contributed by atoms with E-state index >= 15 is 0 Å². The largest absolute Gasteiger partial charge is 0.493 e. The van der Waals surface area contributed by atoms with E-state index in [-0.39, 0.29) is 0 Å². The van der Waals surface area contributed by atoms with Crippen LogP contribution in [0.4, 0.5) is 0 Å². The molecule has 0 saturated carbocycles. The highest BCUT2D eigenvalue weighted by Gasteiger charge is 2.03. The zero-order valence-electron chi connectivity index (χ0n) is 20.5. The van der Waals surface area contributed by atoms with E-state index in [9.17, 15) is 0 Å². The average molecular weight is 437 g/mol. The van der Waals surface area contributed by atoms with Crippen molar-refractivity contribution >= 4 is 0 Å². The number of benzene rings is 1. The zero-order valence-corrected chi connectivity index (χ0v) is 20.5. The minimum atomic E-state index is 0.718. The van der Waals surface area contributed by atoms with E-state index in [0.717, 1.165) is 36.6 Å². The summed E-state index contributed by atoms with van der Waals surface area (Å²) in [5.41, 5.74) is 2.26. The molecular formula is C29H44N2O. The molecule has 2 rings (SSSR count). The van der Waals surface area contributed by atoms with Crippen LogP contribution in [0.25, 0.3) is 11.4 Å². The minimum Gasteiger partial charge on any atom is -0.493 e. The van der Waals surface area contributed by atoms with Crippen LogP contribution in [0.2, 0.25) is 0 Å². The van der Waals surface area contributed by atoms with Crippen molar-refractivity contribution in [3.63, 3.8) is 0 Å². The van der Waals surface area contributed by atoms with E-state index in [1.165, 1.54) is 82.6 Å². The first-order valence-corrected chi connectivity index (χ1v) is 13.0. The summed E-state index contributed by atoms with van der Waals surface area (Å²) >= 11 is 0. The van der Waals surface area contributed by atoms with Crippen LogP contribution in [0.1, 0.15) is 103 Å². The summed E-state index contributed by atoms with van der Waals surface area (Å²) in [5.74, 6) is 1.69. The predicted molar refractivity (Wildman–Crippen MR) is 137 cm³/mol. The molecule has 3 nitrogen and oxygen atoms in total. The molecule has 0 amide bonds. The van der Waals surface area contributed by atoms with Crippen molar-refractivity contribution in [3.8, 4) is 17.1 Å². The van der Waals surface area contributed by atoms with Gasteiger partial charge in [-0.15, -0.1) is 0 Å². The number of hydrogen-bond acceptors (Lipinski definition) is 3. The third kappa shape index (κ3) is 11.5. The Kier molecular flexibility index (Phi) is 14.2. The monoisotopic (exact) mass is 436 g/mol. The van der Waals surface area contributed by atoms with Gasteiger partial charge in [0.25, 0.3) is 0 Å². The van der Waals surface area contributed by atoms with Crippen LogP contribution in [0.3, 0.4) is 0 Å². The number of hydrogen-bond donors (Lipinski definition) is 0. The van der Waals surface area contributed by atoms with E-state index in [4.69, 9.17) is 4.74 Å².